The fourth-order valence-corrected chi connectivity index (χ4v) is 2.35. The minimum absolute atomic E-state index is 0.0388. The van der Waals surface area contributed by atoms with Gasteiger partial charge in [-0.15, -0.1) is 17.8 Å². The van der Waals surface area contributed by atoms with E-state index in [2.05, 4.69) is 28.0 Å². The molecule has 0 bridgehead atoms. The van der Waals surface area contributed by atoms with Gasteiger partial charge in [0.15, 0.2) is 0 Å². The number of thiophene rings is 1. The van der Waals surface area contributed by atoms with Crippen molar-refractivity contribution in [1.82, 2.24) is 4.57 Å². The van der Waals surface area contributed by atoms with E-state index >= 15 is 0 Å². The minimum atomic E-state index is -0.0388. The lowest BCUT2D eigenvalue weighted by atomic mass is 10.3. The van der Waals surface area contributed by atoms with Gasteiger partial charge in [-0.3, -0.25) is 0 Å². The van der Waals surface area contributed by atoms with Gasteiger partial charge >= 0.3 is 0 Å². The fourth-order valence-electron chi connectivity index (χ4n) is 1.59. The number of nitrogens with zero attached hydrogens (tertiary/aromatic N) is 1. The molecule has 2 rings (SSSR count). The summed E-state index contributed by atoms with van der Waals surface area (Å²) in [7, 11) is 0. The summed E-state index contributed by atoms with van der Waals surface area (Å²) in [6, 6.07) is 8.25. The fraction of sp³-hybridized carbons (Fsp3) is 0.231. The molecule has 0 spiro atoms. The van der Waals surface area contributed by atoms with Gasteiger partial charge in [-0.25, -0.2) is 0 Å². The Morgan fingerprint density at radius 2 is 2.38 bits per heavy atom. The van der Waals surface area contributed by atoms with Crippen LogP contribution in [0.5, 0.6) is 0 Å². The Morgan fingerprint density at radius 3 is 3.06 bits per heavy atom. The number of rotatable bonds is 4. The predicted octanol–water partition coefficient (Wildman–Crippen LogP) is 3.38. The van der Waals surface area contributed by atoms with E-state index < -0.39 is 0 Å². The van der Waals surface area contributed by atoms with E-state index in [9.17, 15) is 0 Å². The van der Waals surface area contributed by atoms with Gasteiger partial charge in [0.05, 0.1) is 10.6 Å². The summed E-state index contributed by atoms with van der Waals surface area (Å²) in [6.45, 7) is 2.33. The van der Waals surface area contributed by atoms with Gasteiger partial charge < -0.3 is 9.30 Å². The van der Waals surface area contributed by atoms with Gasteiger partial charge in [0, 0.05) is 6.20 Å². The van der Waals surface area contributed by atoms with Crippen molar-refractivity contribution >= 4 is 11.3 Å². The number of aromatic nitrogens is 1. The van der Waals surface area contributed by atoms with Crippen molar-refractivity contribution < 1.29 is 4.74 Å². The lowest BCUT2D eigenvalue weighted by Gasteiger charge is -2.16. The first-order chi connectivity index (χ1) is 7.83. The van der Waals surface area contributed by atoms with Crippen molar-refractivity contribution in [3.8, 4) is 22.9 Å². The molecule has 0 N–H and O–H groups in total. The predicted molar refractivity (Wildman–Crippen MR) is 67.2 cm³/mol. The molecule has 0 aliphatic rings. The monoisotopic (exact) mass is 231 g/mol. The van der Waals surface area contributed by atoms with Gasteiger partial charge in [-0.05, 0) is 30.5 Å². The van der Waals surface area contributed by atoms with E-state index in [1.807, 2.05) is 25.3 Å². The van der Waals surface area contributed by atoms with E-state index in [1.165, 1.54) is 10.6 Å². The molecule has 82 valence electrons. The molecule has 0 unspecified atom stereocenters. The van der Waals surface area contributed by atoms with Crippen LogP contribution in [0.15, 0.2) is 35.8 Å². The van der Waals surface area contributed by atoms with Gasteiger partial charge in [0.25, 0.3) is 0 Å². The summed E-state index contributed by atoms with van der Waals surface area (Å²) in [6.07, 6.45) is 7.15. The maximum absolute atomic E-state index is 5.51. The number of ether oxygens (including phenoxy) is 1. The van der Waals surface area contributed by atoms with Crippen LogP contribution in [-0.2, 0) is 4.74 Å². The third-order valence-corrected chi connectivity index (χ3v) is 3.24. The molecular formula is C13H13NOS. The quantitative estimate of drug-likeness (QED) is 0.736. The molecule has 0 fully saturated rings. The molecule has 2 aromatic heterocycles. The molecule has 0 amide bonds. The first kappa shape index (κ1) is 11.0. The molecule has 1 atom stereocenters. The minimum Gasteiger partial charge on any atom is -0.346 e. The molecular weight excluding hydrogens is 218 g/mol. The molecule has 0 aliphatic carbocycles. The Morgan fingerprint density at radius 1 is 1.50 bits per heavy atom. The standard InChI is InChI=1S/C13H13NOS/c1-3-9-15-11(2)14-8-4-6-12(14)13-7-5-10-16-13/h1,4-8,10-11H,9H2,2H3/t11-/m0/s1. The first-order valence-corrected chi connectivity index (χ1v) is 5.96. The highest BCUT2D eigenvalue weighted by atomic mass is 32.1. The smallest absolute Gasteiger partial charge is 0.132 e. The van der Waals surface area contributed by atoms with Crippen molar-refractivity contribution in [1.29, 1.82) is 0 Å². The Kier molecular flexibility index (Phi) is 3.45. The van der Waals surface area contributed by atoms with E-state index in [0.717, 1.165) is 0 Å². The van der Waals surface area contributed by atoms with Crippen LogP contribution in [0.3, 0.4) is 0 Å². The second kappa shape index (κ2) is 5.02. The van der Waals surface area contributed by atoms with E-state index in [-0.39, 0.29) is 6.23 Å². The molecule has 3 heteroatoms. The average molecular weight is 231 g/mol. The maximum Gasteiger partial charge on any atom is 0.132 e. The number of terminal acetylenes is 1. The third kappa shape index (κ3) is 2.19. The Balaban J connectivity index is 2.23. The van der Waals surface area contributed by atoms with Crippen LogP contribution in [-0.4, -0.2) is 11.2 Å². The van der Waals surface area contributed by atoms with Crippen LogP contribution in [0.25, 0.3) is 10.6 Å². The highest BCUT2D eigenvalue weighted by molar-refractivity contribution is 7.13. The topological polar surface area (TPSA) is 14.2 Å². The van der Waals surface area contributed by atoms with Crippen LogP contribution in [0, 0.1) is 12.3 Å². The molecule has 2 nitrogen and oxygen atoms in total. The van der Waals surface area contributed by atoms with Gasteiger partial charge in [0.1, 0.15) is 12.8 Å². The molecule has 0 saturated heterocycles. The summed E-state index contributed by atoms with van der Waals surface area (Å²) in [4.78, 5) is 1.24. The van der Waals surface area contributed by atoms with Crippen molar-refractivity contribution in [3.63, 3.8) is 0 Å². The lowest BCUT2D eigenvalue weighted by molar-refractivity contribution is 0.0397. The molecule has 0 aromatic carbocycles. The highest BCUT2D eigenvalue weighted by Crippen LogP contribution is 2.27. The van der Waals surface area contributed by atoms with Crippen LogP contribution in [0.4, 0.5) is 0 Å². The normalized spacial score (nSPS) is 12.2. The molecule has 2 heterocycles. The first-order valence-electron chi connectivity index (χ1n) is 5.08. The summed E-state index contributed by atoms with van der Waals surface area (Å²) in [5.74, 6) is 2.48. The maximum atomic E-state index is 5.51. The Labute approximate surface area is 99.5 Å². The van der Waals surface area contributed by atoms with E-state index in [1.54, 1.807) is 11.3 Å². The molecule has 16 heavy (non-hydrogen) atoms. The Bertz CT molecular complexity index is 478. The second-order valence-corrected chi connectivity index (χ2v) is 4.34. The van der Waals surface area contributed by atoms with Crippen LogP contribution >= 0.6 is 11.3 Å². The zero-order valence-electron chi connectivity index (χ0n) is 9.09. The molecule has 0 aliphatic heterocycles. The molecule has 0 radical (unpaired) electrons. The highest BCUT2D eigenvalue weighted by Gasteiger charge is 2.10. The summed E-state index contributed by atoms with van der Waals surface area (Å²) >= 11 is 1.72. The van der Waals surface area contributed by atoms with Crippen LogP contribution < -0.4 is 0 Å². The van der Waals surface area contributed by atoms with Gasteiger partial charge in [-0.1, -0.05) is 12.0 Å². The van der Waals surface area contributed by atoms with Gasteiger partial charge in [-0.2, -0.15) is 0 Å². The average Bonchev–Trinajstić information content (AvgIpc) is 2.94. The van der Waals surface area contributed by atoms with Crippen molar-refractivity contribution in [2.24, 2.45) is 0 Å². The summed E-state index contributed by atoms with van der Waals surface area (Å²) in [5.41, 5.74) is 1.17. The van der Waals surface area contributed by atoms with Crippen molar-refractivity contribution in [3.05, 3.63) is 35.8 Å². The van der Waals surface area contributed by atoms with Crippen molar-refractivity contribution in [2.75, 3.05) is 6.61 Å². The zero-order chi connectivity index (χ0) is 11.4. The van der Waals surface area contributed by atoms with E-state index in [0.29, 0.717) is 6.61 Å². The summed E-state index contributed by atoms with van der Waals surface area (Å²) < 4.78 is 7.59. The Hall–Kier alpha value is -1.50. The van der Waals surface area contributed by atoms with Crippen LogP contribution in [0.1, 0.15) is 13.2 Å². The SMILES string of the molecule is C#CCO[C@@H](C)n1cccc1-c1cccs1. The summed E-state index contributed by atoms with van der Waals surface area (Å²) in [5, 5.41) is 2.07. The number of hydrogen-bond donors (Lipinski definition) is 0. The zero-order valence-corrected chi connectivity index (χ0v) is 9.91. The number of hydrogen-bond acceptors (Lipinski definition) is 2. The molecule has 0 saturated carbocycles. The molecule has 2 aromatic rings. The third-order valence-electron chi connectivity index (χ3n) is 2.35. The van der Waals surface area contributed by atoms with Crippen LogP contribution in [0.2, 0.25) is 0 Å². The van der Waals surface area contributed by atoms with Gasteiger partial charge in [0.2, 0.25) is 0 Å². The second-order valence-electron chi connectivity index (χ2n) is 3.39. The van der Waals surface area contributed by atoms with Crippen molar-refractivity contribution in [2.45, 2.75) is 13.2 Å². The van der Waals surface area contributed by atoms with E-state index in [4.69, 9.17) is 11.2 Å². The largest absolute Gasteiger partial charge is 0.346 e. The lowest BCUT2D eigenvalue weighted by Crippen LogP contribution is -2.09.